The second kappa shape index (κ2) is 6.99. The molecule has 1 aliphatic heterocycles. The molecule has 1 aromatic carbocycles. The number of carboxylic acids is 1. The third-order valence-corrected chi connectivity index (χ3v) is 3.60. The Bertz CT molecular complexity index is 571. The molecule has 1 heterocycles. The van der Waals surface area contributed by atoms with Gasteiger partial charge in [0.25, 0.3) is 0 Å². The van der Waals surface area contributed by atoms with E-state index >= 15 is 0 Å². The quantitative estimate of drug-likeness (QED) is 0.916. The fourth-order valence-corrected chi connectivity index (χ4v) is 2.29. The van der Waals surface area contributed by atoms with Gasteiger partial charge in [-0.15, -0.1) is 0 Å². The first-order valence-corrected chi connectivity index (χ1v) is 7.05. The molecule has 1 N–H and O–H groups in total. The molecule has 0 saturated carbocycles. The molecule has 126 valence electrons. The van der Waals surface area contributed by atoms with Crippen LogP contribution in [0.2, 0.25) is 0 Å². The molecule has 1 aromatic rings. The Labute approximate surface area is 130 Å². The van der Waals surface area contributed by atoms with E-state index in [-0.39, 0.29) is 25.5 Å². The Hall–Kier alpha value is -2.09. The van der Waals surface area contributed by atoms with Crippen molar-refractivity contribution in [2.45, 2.75) is 25.1 Å². The van der Waals surface area contributed by atoms with Gasteiger partial charge < -0.3 is 14.7 Å². The van der Waals surface area contributed by atoms with Crippen LogP contribution in [0.5, 0.6) is 0 Å². The highest BCUT2D eigenvalue weighted by Crippen LogP contribution is 2.29. The average molecular weight is 331 g/mol. The standard InChI is InChI=1S/C15H16F3NO4/c16-15(17,18)11-4-1-10(2-5-11)3-6-13(20)19-7-8-23-12(9-19)14(21)22/h1-2,4-5,12H,3,6-9H2,(H,21,22)/t12-/m0/s1. The van der Waals surface area contributed by atoms with Gasteiger partial charge in [-0.25, -0.2) is 4.79 Å². The molecular weight excluding hydrogens is 315 g/mol. The summed E-state index contributed by atoms with van der Waals surface area (Å²) < 4.78 is 42.4. The van der Waals surface area contributed by atoms with Crippen molar-refractivity contribution in [2.75, 3.05) is 19.7 Å². The maximum Gasteiger partial charge on any atom is 0.416 e. The zero-order chi connectivity index (χ0) is 17.0. The number of aliphatic carboxylic acids is 1. The average Bonchev–Trinajstić information content (AvgIpc) is 2.52. The van der Waals surface area contributed by atoms with Crippen molar-refractivity contribution in [2.24, 2.45) is 0 Å². The van der Waals surface area contributed by atoms with Crippen LogP contribution in [0.1, 0.15) is 17.5 Å². The molecule has 0 aromatic heterocycles. The number of hydrogen-bond acceptors (Lipinski definition) is 3. The summed E-state index contributed by atoms with van der Waals surface area (Å²) in [6.07, 6.45) is -5.00. The Morgan fingerprint density at radius 3 is 2.48 bits per heavy atom. The summed E-state index contributed by atoms with van der Waals surface area (Å²) in [5, 5.41) is 8.88. The van der Waals surface area contributed by atoms with E-state index in [1.54, 1.807) is 0 Å². The van der Waals surface area contributed by atoms with E-state index in [0.717, 1.165) is 12.1 Å². The molecule has 0 radical (unpaired) electrons. The van der Waals surface area contributed by atoms with Crippen molar-refractivity contribution in [3.05, 3.63) is 35.4 Å². The Morgan fingerprint density at radius 2 is 1.91 bits per heavy atom. The van der Waals surface area contributed by atoms with Crippen LogP contribution in [0.3, 0.4) is 0 Å². The molecule has 1 atom stereocenters. The number of morpholine rings is 1. The van der Waals surface area contributed by atoms with Gasteiger partial charge in [0.15, 0.2) is 6.10 Å². The molecule has 0 bridgehead atoms. The fraction of sp³-hybridized carbons (Fsp3) is 0.467. The lowest BCUT2D eigenvalue weighted by Gasteiger charge is -2.31. The fourth-order valence-electron chi connectivity index (χ4n) is 2.29. The van der Waals surface area contributed by atoms with Crippen molar-refractivity contribution in [1.29, 1.82) is 0 Å². The molecule has 1 amide bonds. The minimum atomic E-state index is -4.38. The summed E-state index contributed by atoms with van der Waals surface area (Å²) in [6.45, 7) is 0.458. The Kier molecular flexibility index (Phi) is 5.25. The number of alkyl halides is 3. The molecule has 0 spiro atoms. The van der Waals surface area contributed by atoms with E-state index < -0.39 is 23.8 Å². The summed E-state index contributed by atoms with van der Waals surface area (Å²) in [5.41, 5.74) is -0.112. The number of carboxylic acid groups (broad SMARTS) is 1. The predicted molar refractivity (Wildman–Crippen MR) is 73.7 cm³/mol. The number of halogens is 3. The maximum absolute atomic E-state index is 12.5. The van der Waals surface area contributed by atoms with Gasteiger partial charge in [0.1, 0.15) is 0 Å². The van der Waals surface area contributed by atoms with E-state index in [9.17, 15) is 22.8 Å². The monoisotopic (exact) mass is 331 g/mol. The van der Waals surface area contributed by atoms with Gasteiger partial charge in [0, 0.05) is 13.0 Å². The van der Waals surface area contributed by atoms with E-state index in [1.165, 1.54) is 17.0 Å². The Balaban J connectivity index is 1.88. The number of aryl methyl sites for hydroxylation is 1. The van der Waals surface area contributed by atoms with Gasteiger partial charge in [0.05, 0.1) is 18.7 Å². The number of rotatable bonds is 4. The summed E-state index contributed by atoms with van der Waals surface area (Å²) in [7, 11) is 0. The topological polar surface area (TPSA) is 66.8 Å². The second-order valence-electron chi connectivity index (χ2n) is 5.23. The summed E-state index contributed by atoms with van der Waals surface area (Å²) in [6, 6.07) is 4.65. The lowest BCUT2D eigenvalue weighted by Crippen LogP contribution is -2.48. The van der Waals surface area contributed by atoms with Crippen LogP contribution < -0.4 is 0 Å². The summed E-state index contributed by atoms with van der Waals surface area (Å²) >= 11 is 0. The number of carbonyl (C=O) groups is 2. The number of benzene rings is 1. The molecule has 0 aliphatic carbocycles. The van der Waals surface area contributed by atoms with Gasteiger partial charge >= 0.3 is 12.1 Å². The minimum Gasteiger partial charge on any atom is -0.479 e. The van der Waals surface area contributed by atoms with Crippen molar-refractivity contribution in [1.82, 2.24) is 4.90 Å². The zero-order valence-corrected chi connectivity index (χ0v) is 12.2. The number of hydrogen-bond donors (Lipinski definition) is 1. The van der Waals surface area contributed by atoms with Crippen LogP contribution in [0.4, 0.5) is 13.2 Å². The molecule has 2 rings (SSSR count). The third kappa shape index (κ3) is 4.69. The maximum atomic E-state index is 12.5. The van der Waals surface area contributed by atoms with E-state index in [2.05, 4.69) is 0 Å². The predicted octanol–water partition coefficient (Wildman–Crippen LogP) is 1.95. The van der Waals surface area contributed by atoms with Crippen LogP contribution in [0.15, 0.2) is 24.3 Å². The van der Waals surface area contributed by atoms with Gasteiger partial charge in [-0.3, -0.25) is 4.79 Å². The minimum absolute atomic E-state index is 0.0127. The van der Waals surface area contributed by atoms with Gasteiger partial charge in [-0.05, 0) is 24.1 Å². The summed E-state index contributed by atoms with van der Waals surface area (Å²) in [5.74, 6) is -1.36. The van der Waals surface area contributed by atoms with Gasteiger partial charge in [-0.2, -0.15) is 13.2 Å². The van der Waals surface area contributed by atoms with Crippen LogP contribution in [-0.2, 0) is 26.9 Å². The molecular formula is C15H16F3NO4. The number of nitrogens with zero attached hydrogens (tertiary/aromatic N) is 1. The van der Waals surface area contributed by atoms with Crippen LogP contribution in [-0.4, -0.2) is 47.7 Å². The summed E-state index contributed by atoms with van der Waals surface area (Å²) in [4.78, 5) is 24.3. The van der Waals surface area contributed by atoms with Crippen LogP contribution in [0, 0.1) is 0 Å². The highest BCUT2D eigenvalue weighted by atomic mass is 19.4. The first-order valence-electron chi connectivity index (χ1n) is 7.05. The molecule has 5 nitrogen and oxygen atoms in total. The number of amides is 1. The molecule has 1 saturated heterocycles. The van der Waals surface area contributed by atoms with Gasteiger partial charge in [-0.1, -0.05) is 12.1 Å². The van der Waals surface area contributed by atoms with E-state index in [0.29, 0.717) is 18.5 Å². The third-order valence-electron chi connectivity index (χ3n) is 3.60. The molecule has 1 fully saturated rings. The van der Waals surface area contributed by atoms with Crippen molar-refractivity contribution < 1.29 is 32.6 Å². The molecule has 23 heavy (non-hydrogen) atoms. The molecule has 1 aliphatic rings. The van der Waals surface area contributed by atoms with Gasteiger partial charge in [0.2, 0.25) is 5.91 Å². The number of carbonyl (C=O) groups excluding carboxylic acids is 1. The first-order chi connectivity index (χ1) is 10.8. The highest BCUT2D eigenvalue weighted by molar-refractivity contribution is 5.78. The van der Waals surface area contributed by atoms with Crippen LogP contribution >= 0.6 is 0 Å². The van der Waals surface area contributed by atoms with Crippen LogP contribution in [0.25, 0.3) is 0 Å². The molecule has 0 unspecified atom stereocenters. The van der Waals surface area contributed by atoms with Crippen molar-refractivity contribution in [3.8, 4) is 0 Å². The number of ether oxygens (including phenoxy) is 1. The van der Waals surface area contributed by atoms with E-state index in [1.807, 2.05) is 0 Å². The zero-order valence-electron chi connectivity index (χ0n) is 12.2. The smallest absolute Gasteiger partial charge is 0.416 e. The lowest BCUT2D eigenvalue weighted by atomic mass is 10.1. The van der Waals surface area contributed by atoms with E-state index in [4.69, 9.17) is 9.84 Å². The highest BCUT2D eigenvalue weighted by Gasteiger charge is 2.30. The second-order valence-corrected chi connectivity index (χ2v) is 5.23. The normalized spacial score (nSPS) is 18.7. The molecule has 8 heteroatoms. The lowest BCUT2D eigenvalue weighted by molar-refractivity contribution is -0.159. The SMILES string of the molecule is O=C(O)[C@@H]1CN(C(=O)CCc2ccc(C(F)(F)F)cc2)CCO1. The van der Waals surface area contributed by atoms with Crippen molar-refractivity contribution in [3.63, 3.8) is 0 Å². The largest absolute Gasteiger partial charge is 0.479 e. The Morgan fingerprint density at radius 1 is 1.26 bits per heavy atom. The van der Waals surface area contributed by atoms with Crippen molar-refractivity contribution >= 4 is 11.9 Å². The first kappa shape index (κ1) is 17.3.